The third kappa shape index (κ3) is 1.66. The summed E-state index contributed by atoms with van der Waals surface area (Å²) >= 11 is 0. The molecule has 1 aromatic heterocycles. The molecule has 2 aromatic rings. The number of hydrogen-bond donors (Lipinski definition) is 1. The highest BCUT2D eigenvalue weighted by atomic mass is 16.4. The number of fused-ring (bicyclic) bond motifs is 1. The van der Waals surface area contributed by atoms with Crippen molar-refractivity contribution in [3.63, 3.8) is 0 Å². The Morgan fingerprint density at radius 2 is 2.11 bits per heavy atom. The van der Waals surface area contributed by atoms with Crippen molar-refractivity contribution in [1.29, 1.82) is 0 Å². The summed E-state index contributed by atoms with van der Waals surface area (Å²) in [5.41, 5.74) is 2.22. The van der Waals surface area contributed by atoms with Gasteiger partial charge in [0.25, 0.3) is 0 Å². The lowest BCUT2D eigenvalue weighted by Gasteiger charge is -2.12. The predicted octanol–water partition coefficient (Wildman–Crippen LogP) is 3.04. The van der Waals surface area contributed by atoms with Crippen LogP contribution in [-0.4, -0.2) is 20.6 Å². The van der Waals surface area contributed by atoms with Crippen LogP contribution in [0.25, 0.3) is 11.0 Å². The van der Waals surface area contributed by atoms with Crippen LogP contribution >= 0.6 is 0 Å². The molecule has 0 aliphatic heterocycles. The summed E-state index contributed by atoms with van der Waals surface area (Å²) in [6, 6.07) is 6.25. The first kappa shape index (κ1) is 12.2. The van der Waals surface area contributed by atoms with Gasteiger partial charge in [0.1, 0.15) is 5.82 Å². The average Bonchev–Trinajstić information content (AvgIpc) is 3.06. The molecule has 100 valence electrons. The minimum Gasteiger partial charge on any atom is -0.481 e. The molecule has 1 aliphatic carbocycles. The van der Waals surface area contributed by atoms with Gasteiger partial charge in [0, 0.05) is 6.04 Å². The van der Waals surface area contributed by atoms with E-state index in [0.29, 0.717) is 6.04 Å². The Hall–Kier alpha value is -1.84. The highest BCUT2D eigenvalue weighted by molar-refractivity contribution is 5.87. The summed E-state index contributed by atoms with van der Waals surface area (Å²) in [7, 11) is 0. The van der Waals surface area contributed by atoms with Gasteiger partial charge >= 0.3 is 5.97 Å². The van der Waals surface area contributed by atoms with Crippen molar-refractivity contribution in [2.45, 2.75) is 45.1 Å². The van der Waals surface area contributed by atoms with Crippen LogP contribution in [0.3, 0.4) is 0 Å². The number of hydrogen-bond acceptors (Lipinski definition) is 2. The van der Waals surface area contributed by atoms with Gasteiger partial charge in [-0.1, -0.05) is 6.07 Å². The van der Waals surface area contributed by atoms with E-state index in [4.69, 9.17) is 0 Å². The van der Waals surface area contributed by atoms with Crippen molar-refractivity contribution in [2.75, 3.05) is 0 Å². The highest BCUT2D eigenvalue weighted by Crippen LogP contribution is 2.48. The van der Waals surface area contributed by atoms with Gasteiger partial charge in [-0.25, -0.2) is 4.98 Å². The molecule has 0 saturated heterocycles. The zero-order valence-corrected chi connectivity index (χ0v) is 11.5. The molecule has 4 heteroatoms. The predicted molar refractivity (Wildman–Crippen MR) is 73.4 cm³/mol. The van der Waals surface area contributed by atoms with Crippen LogP contribution in [0.15, 0.2) is 18.2 Å². The van der Waals surface area contributed by atoms with Crippen LogP contribution in [0.4, 0.5) is 0 Å². The van der Waals surface area contributed by atoms with Crippen LogP contribution in [0.2, 0.25) is 0 Å². The normalized spacial score (nSPS) is 17.1. The van der Waals surface area contributed by atoms with E-state index in [2.05, 4.69) is 23.4 Å². The fourth-order valence-corrected chi connectivity index (χ4v) is 2.92. The Labute approximate surface area is 112 Å². The van der Waals surface area contributed by atoms with E-state index in [9.17, 15) is 9.90 Å². The standard InChI is InChI=1S/C15H18N2O2/c1-9(2)17-10(3)16-12-8-11(4-5-13(12)17)15(6-7-15)14(18)19/h4-5,8-9H,6-7H2,1-3H3,(H,18,19). The lowest BCUT2D eigenvalue weighted by Crippen LogP contribution is -2.19. The summed E-state index contributed by atoms with van der Waals surface area (Å²) in [6.07, 6.45) is 1.47. The molecular weight excluding hydrogens is 240 g/mol. The number of aromatic nitrogens is 2. The van der Waals surface area contributed by atoms with Crippen LogP contribution in [0.5, 0.6) is 0 Å². The minimum absolute atomic E-state index is 0.352. The van der Waals surface area contributed by atoms with E-state index in [1.165, 1.54) is 0 Å². The lowest BCUT2D eigenvalue weighted by atomic mass is 9.96. The number of carboxylic acid groups (broad SMARTS) is 1. The Morgan fingerprint density at radius 3 is 2.63 bits per heavy atom. The van der Waals surface area contributed by atoms with Crippen LogP contribution in [-0.2, 0) is 10.2 Å². The summed E-state index contributed by atoms with van der Waals surface area (Å²) in [6.45, 7) is 6.24. The molecule has 1 heterocycles. The molecule has 4 nitrogen and oxygen atoms in total. The van der Waals surface area contributed by atoms with Crippen LogP contribution < -0.4 is 0 Å². The van der Waals surface area contributed by atoms with E-state index < -0.39 is 11.4 Å². The smallest absolute Gasteiger partial charge is 0.314 e. The number of nitrogens with zero attached hydrogens (tertiary/aromatic N) is 2. The van der Waals surface area contributed by atoms with E-state index in [1.807, 2.05) is 25.1 Å². The molecule has 1 saturated carbocycles. The van der Waals surface area contributed by atoms with E-state index in [-0.39, 0.29) is 0 Å². The fourth-order valence-electron chi connectivity index (χ4n) is 2.92. The number of aliphatic carboxylic acids is 1. The SMILES string of the molecule is Cc1nc2cc(C3(C(=O)O)CC3)ccc2n1C(C)C. The number of benzene rings is 1. The molecule has 1 aromatic carbocycles. The monoisotopic (exact) mass is 258 g/mol. The van der Waals surface area contributed by atoms with Crippen molar-refractivity contribution < 1.29 is 9.90 Å². The van der Waals surface area contributed by atoms with Crippen molar-refractivity contribution in [3.8, 4) is 0 Å². The van der Waals surface area contributed by atoms with Gasteiger partial charge in [-0.15, -0.1) is 0 Å². The van der Waals surface area contributed by atoms with E-state index >= 15 is 0 Å². The van der Waals surface area contributed by atoms with Crippen molar-refractivity contribution >= 4 is 17.0 Å². The third-order valence-electron chi connectivity index (χ3n) is 4.09. The van der Waals surface area contributed by atoms with Gasteiger partial charge in [-0.05, 0) is 51.3 Å². The number of rotatable bonds is 3. The topological polar surface area (TPSA) is 55.1 Å². The van der Waals surface area contributed by atoms with Crippen LogP contribution in [0.1, 0.15) is 44.1 Å². The molecule has 0 bridgehead atoms. The van der Waals surface area contributed by atoms with Gasteiger partial charge < -0.3 is 9.67 Å². The molecule has 1 N–H and O–H groups in total. The van der Waals surface area contributed by atoms with Crippen molar-refractivity contribution in [1.82, 2.24) is 9.55 Å². The molecule has 0 atom stereocenters. The van der Waals surface area contributed by atoms with Gasteiger partial charge in [-0.2, -0.15) is 0 Å². The number of carboxylic acids is 1. The molecule has 0 unspecified atom stereocenters. The van der Waals surface area contributed by atoms with Gasteiger partial charge in [0.2, 0.25) is 0 Å². The minimum atomic E-state index is -0.716. The second kappa shape index (κ2) is 3.83. The number of carbonyl (C=O) groups is 1. The second-order valence-electron chi connectivity index (χ2n) is 5.71. The zero-order valence-electron chi connectivity index (χ0n) is 11.5. The maximum Gasteiger partial charge on any atom is 0.314 e. The maximum atomic E-state index is 11.4. The molecule has 1 fully saturated rings. The number of imidazole rings is 1. The third-order valence-corrected chi connectivity index (χ3v) is 4.09. The molecule has 1 aliphatic rings. The summed E-state index contributed by atoms with van der Waals surface area (Å²) in [5, 5.41) is 9.35. The summed E-state index contributed by atoms with van der Waals surface area (Å²) in [4.78, 5) is 15.9. The Balaban J connectivity index is 2.16. The van der Waals surface area contributed by atoms with Gasteiger partial charge in [0.15, 0.2) is 0 Å². The molecule has 3 rings (SSSR count). The van der Waals surface area contributed by atoms with Gasteiger partial charge in [-0.3, -0.25) is 4.79 Å². The molecule has 0 spiro atoms. The quantitative estimate of drug-likeness (QED) is 0.920. The maximum absolute atomic E-state index is 11.4. The molecule has 19 heavy (non-hydrogen) atoms. The first-order valence-electron chi connectivity index (χ1n) is 6.68. The molecule has 0 amide bonds. The summed E-state index contributed by atoms with van der Waals surface area (Å²) < 4.78 is 2.18. The Bertz CT molecular complexity index is 666. The molecular formula is C15H18N2O2. The second-order valence-corrected chi connectivity index (χ2v) is 5.71. The van der Waals surface area contributed by atoms with Crippen molar-refractivity contribution in [3.05, 3.63) is 29.6 Å². The van der Waals surface area contributed by atoms with E-state index in [0.717, 1.165) is 35.3 Å². The number of aryl methyl sites for hydroxylation is 1. The van der Waals surface area contributed by atoms with Crippen LogP contribution in [0, 0.1) is 6.92 Å². The van der Waals surface area contributed by atoms with Gasteiger partial charge in [0.05, 0.1) is 16.4 Å². The first-order chi connectivity index (χ1) is 8.95. The lowest BCUT2D eigenvalue weighted by molar-refractivity contribution is -0.140. The largest absolute Gasteiger partial charge is 0.481 e. The average molecular weight is 258 g/mol. The van der Waals surface area contributed by atoms with E-state index in [1.54, 1.807) is 0 Å². The van der Waals surface area contributed by atoms with Crippen molar-refractivity contribution in [2.24, 2.45) is 0 Å². The fraction of sp³-hybridized carbons (Fsp3) is 0.467. The Morgan fingerprint density at radius 1 is 1.42 bits per heavy atom. The Kier molecular flexibility index (Phi) is 2.46. The molecule has 0 radical (unpaired) electrons. The first-order valence-corrected chi connectivity index (χ1v) is 6.68. The zero-order chi connectivity index (χ0) is 13.8. The highest BCUT2D eigenvalue weighted by Gasteiger charge is 2.51. The summed E-state index contributed by atoms with van der Waals surface area (Å²) in [5.74, 6) is 0.259.